The number of anilines is 1. The lowest BCUT2D eigenvalue weighted by molar-refractivity contribution is -0.105. The molecule has 3 aromatic carbocycles. The number of hydrogen-bond acceptors (Lipinski definition) is 3. The average Bonchev–Trinajstić information content (AvgIpc) is 2.79. The van der Waals surface area contributed by atoms with E-state index in [1.165, 1.54) is 29.5 Å². The summed E-state index contributed by atoms with van der Waals surface area (Å²) < 4.78 is 6.79. The molecule has 0 aliphatic carbocycles. The van der Waals surface area contributed by atoms with Gasteiger partial charge in [-0.05, 0) is 54.5 Å². The van der Waals surface area contributed by atoms with Crippen LogP contribution in [-0.4, -0.2) is 24.2 Å². The molecule has 3 aromatic rings. The molecule has 1 fully saturated rings. The van der Waals surface area contributed by atoms with Crippen LogP contribution in [-0.2, 0) is 11.2 Å². The quantitative estimate of drug-likeness (QED) is 0.550. The third-order valence-electron chi connectivity index (χ3n) is 5.72. The summed E-state index contributed by atoms with van der Waals surface area (Å²) in [6.07, 6.45) is 4.66. The number of piperidine rings is 1. The van der Waals surface area contributed by atoms with Gasteiger partial charge in [0.15, 0.2) is 0 Å². The minimum absolute atomic E-state index is 0.0421. The zero-order chi connectivity index (χ0) is 19.9. The maximum Gasteiger partial charge on any atom is 0.111 e. The number of hydrogen-bond donors (Lipinski definition) is 1. The van der Waals surface area contributed by atoms with E-state index >= 15 is 0 Å². The normalized spacial score (nSPS) is 17.5. The number of ether oxygens (including phenoxy) is 1. The van der Waals surface area contributed by atoms with Crippen molar-refractivity contribution in [3.8, 4) is 0 Å². The van der Waals surface area contributed by atoms with Crippen LogP contribution in [0.4, 0.5) is 5.69 Å². The monoisotopic (exact) mass is 386 g/mol. The van der Waals surface area contributed by atoms with Crippen LogP contribution < -0.4 is 5.73 Å². The first-order chi connectivity index (χ1) is 14.3. The SMILES string of the molecule is Nc1ccc(CCN2CCCCC2OC(c2ccccc2)c2ccccc2)cc1. The number of rotatable bonds is 7. The second-order valence-corrected chi connectivity index (χ2v) is 7.82. The molecule has 0 aromatic heterocycles. The van der Waals surface area contributed by atoms with E-state index in [1.807, 2.05) is 12.1 Å². The van der Waals surface area contributed by atoms with E-state index in [9.17, 15) is 0 Å². The Balaban J connectivity index is 1.49. The number of likely N-dealkylation sites (tertiary alicyclic amines) is 1. The van der Waals surface area contributed by atoms with Crippen molar-refractivity contribution in [3.63, 3.8) is 0 Å². The summed E-state index contributed by atoms with van der Waals surface area (Å²) in [4.78, 5) is 2.51. The van der Waals surface area contributed by atoms with Gasteiger partial charge in [-0.3, -0.25) is 4.90 Å². The fourth-order valence-corrected chi connectivity index (χ4v) is 4.09. The Labute approximate surface area is 174 Å². The summed E-state index contributed by atoms with van der Waals surface area (Å²) in [7, 11) is 0. The standard InChI is InChI=1S/C26H30N2O/c27-24-16-14-21(15-17-24)18-20-28-19-8-7-13-25(28)29-26(22-9-3-1-4-10-22)23-11-5-2-6-12-23/h1-6,9-12,14-17,25-26H,7-8,13,18-20,27H2. The lowest BCUT2D eigenvalue weighted by Gasteiger charge is -2.38. The van der Waals surface area contributed by atoms with Gasteiger partial charge < -0.3 is 10.5 Å². The second-order valence-electron chi connectivity index (χ2n) is 7.82. The number of benzene rings is 3. The minimum Gasteiger partial charge on any atom is -0.399 e. The molecule has 0 saturated carbocycles. The van der Waals surface area contributed by atoms with Gasteiger partial charge in [0.25, 0.3) is 0 Å². The van der Waals surface area contributed by atoms with E-state index in [0.717, 1.165) is 31.6 Å². The van der Waals surface area contributed by atoms with Crippen molar-refractivity contribution in [2.24, 2.45) is 0 Å². The fraction of sp³-hybridized carbons (Fsp3) is 0.308. The molecule has 29 heavy (non-hydrogen) atoms. The Morgan fingerprint density at radius 3 is 2.07 bits per heavy atom. The Morgan fingerprint density at radius 2 is 1.45 bits per heavy atom. The summed E-state index contributed by atoms with van der Waals surface area (Å²) in [5, 5.41) is 0. The van der Waals surface area contributed by atoms with Crippen molar-refractivity contribution in [2.45, 2.75) is 38.0 Å². The van der Waals surface area contributed by atoms with Crippen molar-refractivity contribution in [2.75, 3.05) is 18.8 Å². The molecule has 1 saturated heterocycles. The van der Waals surface area contributed by atoms with E-state index < -0.39 is 0 Å². The van der Waals surface area contributed by atoms with Crippen LogP contribution in [0.3, 0.4) is 0 Å². The number of nitrogens with two attached hydrogens (primary N) is 1. The zero-order valence-corrected chi connectivity index (χ0v) is 16.9. The number of nitrogens with zero attached hydrogens (tertiary/aromatic N) is 1. The highest BCUT2D eigenvalue weighted by atomic mass is 16.5. The lowest BCUT2D eigenvalue weighted by Crippen LogP contribution is -2.43. The molecule has 0 radical (unpaired) electrons. The molecule has 1 atom stereocenters. The Morgan fingerprint density at radius 1 is 0.828 bits per heavy atom. The average molecular weight is 387 g/mol. The third kappa shape index (κ3) is 5.26. The van der Waals surface area contributed by atoms with Gasteiger partial charge in [-0.15, -0.1) is 0 Å². The van der Waals surface area contributed by atoms with Crippen molar-refractivity contribution in [1.82, 2.24) is 4.90 Å². The van der Waals surface area contributed by atoms with Crippen molar-refractivity contribution < 1.29 is 4.74 Å². The largest absolute Gasteiger partial charge is 0.399 e. The topological polar surface area (TPSA) is 38.5 Å². The molecule has 3 heteroatoms. The maximum atomic E-state index is 6.79. The smallest absolute Gasteiger partial charge is 0.111 e. The van der Waals surface area contributed by atoms with Gasteiger partial charge in [0.05, 0.1) is 0 Å². The second kappa shape index (κ2) is 9.73. The fourth-order valence-electron chi connectivity index (χ4n) is 4.09. The predicted octanol–water partition coefficient (Wildman–Crippen LogP) is 5.43. The van der Waals surface area contributed by atoms with E-state index in [2.05, 4.69) is 77.7 Å². The molecular formula is C26H30N2O. The summed E-state index contributed by atoms with van der Waals surface area (Å²) in [5.41, 5.74) is 10.4. The van der Waals surface area contributed by atoms with Crippen LogP contribution in [0.1, 0.15) is 42.1 Å². The third-order valence-corrected chi connectivity index (χ3v) is 5.72. The van der Waals surface area contributed by atoms with Gasteiger partial charge in [-0.2, -0.15) is 0 Å². The Bertz CT molecular complexity index is 825. The highest BCUT2D eigenvalue weighted by Crippen LogP contribution is 2.31. The predicted molar refractivity (Wildman–Crippen MR) is 120 cm³/mol. The summed E-state index contributed by atoms with van der Waals surface area (Å²) in [6, 6.07) is 29.4. The molecule has 150 valence electrons. The maximum absolute atomic E-state index is 6.79. The van der Waals surface area contributed by atoms with Gasteiger partial charge in [0.1, 0.15) is 12.3 Å². The first kappa shape index (κ1) is 19.7. The molecule has 1 unspecified atom stereocenters. The molecule has 0 amide bonds. The summed E-state index contributed by atoms with van der Waals surface area (Å²) >= 11 is 0. The highest BCUT2D eigenvalue weighted by Gasteiger charge is 2.27. The van der Waals surface area contributed by atoms with E-state index in [0.29, 0.717) is 0 Å². The van der Waals surface area contributed by atoms with Gasteiger partial charge in [-0.1, -0.05) is 72.8 Å². The molecule has 1 heterocycles. The first-order valence-electron chi connectivity index (χ1n) is 10.6. The van der Waals surface area contributed by atoms with Crippen LogP contribution in [0.2, 0.25) is 0 Å². The van der Waals surface area contributed by atoms with Crippen molar-refractivity contribution >= 4 is 5.69 Å². The molecule has 0 spiro atoms. The van der Waals surface area contributed by atoms with Crippen LogP contribution in [0.15, 0.2) is 84.9 Å². The van der Waals surface area contributed by atoms with Gasteiger partial charge >= 0.3 is 0 Å². The van der Waals surface area contributed by atoms with Crippen LogP contribution in [0, 0.1) is 0 Å². The molecule has 1 aliphatic rings. The van der Waals surface area contributed by atoms with Crippen molar-refractivity contribution in [1.29, 1.82) is 0 Å². The van der Waals surface area contributed by atoms with Gasteiger partial charge in [0, 0.05) is 18.8 Å². The van der Waals surface area contributed by atoms with E-state index in [4.69, 9.17) is 10.5 Å². The summed E-state index contributed by atoms with van der Waals surface area (Å²) in [5.74, 6) is 0. The van der Waals surface area contributed by atoms with Gasteiger partial charge in [0.2, 0.25) is 0 Å². The van der Waals surface area contributed by atoms with E-state index in [1.54, 1.807) is 0 Å². The van der Waals surface area contributed by atoms with Crippen molar-refractivity contribution in [3.05, 3.63) is 102 Å². The molecular weight excluding hydrogens is 356 g/mol. The Kier molecular flexibility index (Phi) is 6.60. The zero-order valence-electron chi connectivity index (χ0n) is 16.9. The molecule has 2 N–H and O–H groups in total. The molecule has 1 aliphatic heterocycles. The first-order valence-corrected chi connectivity index (χ1v) is 10.6. The lowest BCUT2D eigenvalue weighted by atomic mass is 10.0. The molecule has 4 rings (SSSR count). The van der Waals surface area contributed by atoms with Crippen LogP contribution in [0.5, 0.6) is 0 Å². The summed E-state index contributed by atoms with van der Waals surface area (Å²) in [6.45, 7) is 2.10. The van der Waals surface area contributed by atoms with Gasteiger partial charge in [-0.25, -0.2) is 0 Å². The van der Waals surface area contributed by atoms with Crippen LogP contribution >= 0.6 is 0 Å². The minimum atomic E-state index is -0.0421. The molecule has 0 bridgehead atoms. The Hall–Kier alpha value is -2.62. The van der Waals surface area contributed by atoms with Crippen LogP contribution in [0.25, 0.3) is 0 Å². The van der Waals surface area contributed by atoms with E-state index in [-0.39, 0.29) is 12.3 Å². The molecule has 3 nitrogen and oxygen atoms in total. The highest BCUT2D eigenvalue weighted by molar-refractivity contribution is 5.39. The number of nitrogen functional groups attached to an aromatic ring is 1.